The highest BCUT2D eigenvalue weighted by Gasteiger charge is 2.25. The third kappa shape index (κ3) is 3.13. The second-order valence-electron chi connectivity index (χ2n) is 4.52. The Labute approximate surface area is 99.7 Å². The molecule has 6 nitrogen and oxygen atoms in total. The Hall–Kier alpha value is -1.69. The maximum absolute atomic E-state index is 10.8. The molecular weight excluding hydrogens is 222 g/mol. The van der Waals surface area contributed by atoms with Gasteiger partial charge in [0.25, 0.3) is 0 Å². The number of hydrogen-bond acceptors (Lipinski definition) is 5. The molecule has 1 aromatic heterocycles. The van der Waals surface area contributed by atoms with Gasteiger partial charge in [0, 0.05) is 6.20 Å². The van der Waals surface area contributed by atoms with E-state index in [2.05, 4.69) is 15.3 Å². The van der Waals surface area contributed by atoms with Crippen molar-refractivity contribution in [2.24, 2.45) is 0 Å². The van der Waals surface area contributed by atoms with Crippen molar-refractivity contribution < 1.29 is 15.0 Å². The van der Waals surface area contributed by atoms with Crippen LogP contribution in [0.5, 0.6) is 0 Å². The van der Waals surface area contributed by atoms with Crippen LogP contribution in [-0.4, -0.2) is 37.8 Å². The van der Waals surface area contributed by atoms with Crippen LogP contribution in [-0.2, 0) is 0 Å². The van der Waals surface area contributed by atoms with Crippen molar-refractivity contribution in [3.05, 3.63) is 17.5 Å². The zero-order chi connectivity index (χ0) is 13.2. The van der Waals surface area contributed by atoms with Crippen LogP contribution in [0.15, 0.2) is 6.20 Å². The summed E-state index contributed by atoms with van der Waals surface area (Å²) in [7, 11) is 0. The van der Waals surface area contributed by atoms with Gasteiger partial charge in [-0.1, -0.05) is 0 Å². The van der Waals surface area contributed by atoms with E-state index >= 15 is 0 Å². The number of carboxylic acids is 1. The number of hydrogen-bond donors (Lipinski definition) is 3. The van der Waals surface area contributed by atoms with Crippen molar-refractivity contribution in [2.45, 2.75) is 39.3 Å². The highest BCUT2D eigenvalue weighted by atomic mass is 16.4. The zero-order valence-electron chi connectivity index (χ0n) is 10.4. The first kappa shape index (κ1) is 13.4. The molecule has 1 aromatic rings. The number of anilines is 1. The van der Waals surface area contributed by atoms with E-state index in [0.29, 0.717) is 11.6 Å². The summed E-state index contributed by atoms with van der Waals surface area (Å²) in [6.07, 6.45) is 0.663. The minimum Gasteiger partial charge on any atom is -0.478 e. The largest absolute Gasteiger partial charge is 0.478 e. The number of aromatic carboxylic acids is 1. The molecular formula is C11H17N3O3. The molecule has 0 saturated heterocycles. The highest BCUT2D eigenvalue weighted by Crippen LogP contribution is 2.16. The molecule has 17 heavy (non-hydrogen) atoms. The highest BCUT2D eigenvalue weighted by molar-refractivity contribution is 5.88. The van der Waals surface area contributed by atoms with E-state index in [-0.39, 0.29) is 5.56 Å². The SMILES string of the molecule is Cc1nc(NC(C)(C)C(C)O)ncc1C(=O)O. The van der Waals surface area contributed by atoms with Gasteiger partial charge >= 0.3 is 5.97 Å². The monoisotopic (exact) mass is 239 g/mol. The molecule has 1 unspecified atom stereocenters. The summed E-state index contributed by atoms with van der Waals surface area (Å²) in [5, 5.41) is 21.3. The molecule has 3 N–H and O–H groups in total. The maximum atomic E-state index is 10.8. The molecule has 0 aromatic carbocycles. The van der Waals surface area contributed by atoms with Gasteiger partial charge in [0.1, 0.15) is 0 Å². The average Bonchev–Trinajstić information content (AvgIpc) is 2.15. The van der Waals surface area contributed by atoms with Gasteiger partial charge in [-0.15, -0.1) is 0 Å². The lowest BCUT2D eigenvalue weighted by Gasteiger charge is -2.29. The van der Waals surface area contributed by atoms with Crippen LogP contribution >= 0.6 is 0 Å². The third-order valence-corrected chi connectivity index (χ3v) is 2.69. The molecule has 0 bridgehead atoms. The summed E-state index contributed by atoms with van der Waals surface area (Å²) < 4.78 is 0. The Morgan fingerprint density at radius 1 is 1.53 bits per heavy atom. The summed E-state index contributed by atoms with van der Waals surface area (Å²) in [6.45, 7) is 6.88. The van der Waals surface area contributed by atoms with Crippen molar-refractivity contribution in [1.29, 1.82) is 0 Å². The molecule has 0 fully saturated rings. The molecule has 94 valence electrons. The van der Waals surface area contributed by atoms with Crippen LogP contribution in [0, 0.1) is 6.92 Å². The van der Waals surface area contributed by atoms with Gasteiger partial charge in [0.05, 0.1) is 22.9 Å². The van der Waals surface area contributed by atoms with Crippen LogP contribution in [0.3, 0.4) is 0 Å². The standard InChI is InChI=1S/C11H17N3O3/c1-6-8(9(16)17)5-12-10(13-6)14-11(3,4)7(2)15/h5,7,15H,1-4H3,(H,16,17)(H,12,13,14). The zero-order valence-corrected chi connectivity index (χ0v) is 10.4. The normalized spacial score (nSPS) is 13.2. The topological polar surface area (TPSA) is 95.3 Å². The predicted molar refractivity (Wildman–Crippen MR) is 63.1 cm³/mol. The molecule has 6 heteroatoms. The first-order valence-electron chi connectivity index (χ1n) is 5.27. The molecule has 0 saturated carbocycles. The number of carbonyl (C=O) groups is 1. The number of aliphatic hydroxyl groups excluding tert-OH is 1. The molecule has 0 spiro atoms. The maximum Gasteiger partial charge on any atom is 0.339 e. The van der Waals surface area contributed by atoms with Gasteiger partial charge in [-0.2, -0.15) is 0 Å². The Bertz CT molecular complexity index is 430. The van der Waals surface area contributed by atoms with Gasteiger partial charge < -0.3 is 15.5 Å². The minimum absolute atomic E-state index is 0.0744. The smallest absolute Gasteiger partial charge is 0.339 e. The molecule has 0 aliphatic carbocycles. The Morgan fingerprint density at radius 2 is 2.12 bits per heavy atom. The molecule has 1 rings (SSSR count). The Balaban J connectivity index is 2.96. The molecule has 1 atom stereocenters. The van der Waals surface area contributed by atoms with E-state index in [1.807, 2.05) is 13.8 Å². The van der Waals surface area contributed by atoms with Gasteiger partial charge in [0.15, 0.2) is 0 Å². The van der Waals surface area contributed by atoms with Gasteiger partial charge in [-0.25, -0.2) is 14.8 Å². The summed E-state index contributed by atoms with van der Waals surface area (Å²) in [4.78, 5) is 18.7. The van der Waals surface area contributed by atoms with Gasteiger partial charge in [-0.05, 0) is 27.7 Å². The fourth-order valence-corrected chi connectivity index (χ4v) is 1.13. The van der Waals surface area contributed by atoms with Crippen LogP contribution in [0.25, 0.3) is 0 Å². The number of nitrogens with one attached hydrogen (secondary N) is 1. The second-order valence-corrected chi connectivity index (χ2v) is 4.52. The second kappa shape index (κ2) is 4.67. The first-order valence-corrected chi connectivity index (χ1v) is 5.27. The average molecular weight is 239 g/mol. The van der Waals surface area contributed by atoms with E-state index in [9.17, 15) is 9.90 Å². The number of carboxylic acid groups (broad SMARTS) is 1. The lowest BCUT2D eigenvalue weighted by atomic mass is 9.99. The number of aromatic nitrogens is 2. The fraction of sp³-hybridized carbons (Fsp3) is 0.545. The molecule has 1 heterocycles. The van der Waals surface area contributed by atoms with Crippen molar-refractivity contribution in [3.63, 3.8) is 0 Å². The van der Waals surface area contributed by atoms with E-state index < -0.39 is 17.6 Å². The van der Waals surface area contributed by atoms with Gasteiger partial charge in [0.2, 0.25) is 5.95 Å². The Kier molecular flexibility index (Phi) is 3.67. The van der Waals surface area contributed by atoms with Crippen LogP contribution < -0.4 is 5.32 Å². The van der Waals surface area contributed by atoms with Crippen LogP contribution in [0.1, 0.15) is 36.8 Å². The minimum atomic E-state index is -1.05. The van der Waals surface area contributed by atoms with Crippen molar-refractivity contribution >= 4 is 11.9 Å². The van der Waals surface area contributed by atoms with Crippen molar-refractivity contribution in [1.82, 2.24) is 9.97 Å². The third-order valence-electron chi connectivity index (χ3n) is 2.69. The lowest BCUT2D eigenvalue weighted by molar-refractivity contribution is 0.0695. The van der Waals surface area contributed by atoms with Crippen LogP contribution in [0.2, 0.25) is 0 Å². The Morgan fingerprint density at radius 3 is 2.53 bits per heavy atom. The van der Waals surface area contributed by atoms with Crippen LogP contribution in [0.4, 0.5) is 5.95 Å². The predicted octanol–water partition coefficient (Wildman–Crippen LogP) is 1.05. The number of rotatable bonds is 4. The quantitative estimate of drug-likeness (QED) is 0.727. The molecule has 0 amide bonds. The molecule has 0 aliphatic rings. The fourth-order valence-electron chi connectivity index (χ4n) is 1.13. The number of nitrogens with zero attached hydrogens (tertiary/aromatic N) is 2. The number of aryl methyl sites for hydroxylation is 1. The summed E-state index contributed by atoms with van der Waals surface area (Å²) in [5.74, 6) is -0.748. The summed E-state index contributed by atoms with van der Waals surface area (Å²) in [5.41, 5.74) is -0.126. The van der Waals surface area contributed by atoms with E-state index in [4.69, 9.17) is 5.11 Å². The van der Waals surface area contributed by atoms with Crippen molar-refractivity contribution in [3.8, 4) is 0 Å². The first-order chi connectivity index (χ1) is 7.74. The summed E-state index contributed by atoms with van der Waals surface area (Å²) in [6, 6.07) is 0. The number of aliphatic hydroxyl groups is 1. The molecule has 0 radical (unpaired) electrons. The van der Waals surface area contributed by atoms with E-state index in [0.717, 1.165) is 0 Å². The summed E-state index contributed by atoms with van der Waals surface area (Å²) >= 11 is 0. The molecule has 0 aliphatic heterocycles. The van der Waals surface area contributed by atoms with Crippen molar-refractivity contribution in [2.75, 3.05) is 5.32 Å². The van der Waals surface area contributed by atoms with Gasteiger partial charge in [-0.3, -0.25) is 0 Å². The lowest BCUT2D eigenvalue weighted by Crippen LogP contribution is -2.42. The van der Waals surface area contributed by atoms with E-state index in [1.54, 1.807) is 13.8 Å². The van der Waals surface area contributed by atoms with E-state index in [1.165, 1.54) is 6.20 Å².